The minimum Gasteiger partial charge on any atom is -0.468 e. The Kier molecular flexibility index (Phi) is 7.28. The van der Waals surface area contributed by atoms with Gasteiger partial charge < -0.3 is 14.5 Å². The first-order chi connectivity index (χ1) is 14.3. The van der Waals surface area contributed by atoms with Crippen molar-refractivity contribution >= 4 is 21.9 Å². The molecule has 0 radical (unpaired) electrons. The molecule has 1 saturated carbocycles. The molecule has 1 aliphatic carbocycles. The lowest BCUT2D eigenvalue weighted by molar-refractivity contribution is -0.125. The van der Waals surface area contributed by atoms with Crippen molar-refractivity contribution < 1.29 is 27.2 Å². The van der Waals surface area contributed by atoms with Gasteiger partial charge in [0, 0.05) is 6.04 Å². The number of ether oxygens (including phenoxy) is 1. The Morgan fingerprint density at radius 3 is 2.60 bits per heavy atom. The van der Waals surface area contributed by atoms with Crippen molar-refractivity contribution in [2.75, 3.05) is 6.61 Å². The molecule has 1 aliphatic rings. The molecule has 30 heavy (non-hydrogen) atoms. The van der Waals surface area contributed by atoms with Gasteiger partial charge in [-0.05, 0) is 61.9 Å². The molecule has 0 atom stereocenters. The van der Waals surface area contributed by atoms with Crippen molar-refractivity contribution in [1.82, 2.24) is 10.0 Å². The van der Waals surface area contributed by atoms with Crippen LogP contribution in [-0.4, -0.2) is 32.9 Å². The molecule has 1 heterocycles. The van der Waals surface area contributed by atoms with E-state index in [2.05, 4.69) is 17.0 Å². The lowest BCUT2D eigenvalue weighted by Crippen LogP contribution is -2.39. The van der Waals surface area contributed by atoms with Crippen molar-refractivity contribution in [3.63, 3.8) is 0 Å². The standard InChI is InChI=1S/C21H26N2O6S/c1-15-7-9-17(10-8-15)23-20(24)14-29-21(25)16-4-2-6-19(12-16)30(26,27)22-13-18-5-3-11-28-18/h2-6,11-12,15,17,22H,7-10,13-14H2,1H3,(H,23,24). The smallest absolute Gasteiger partial charge is 0.338 e. The molecule has 3 rings (SSSR count). The molecule has 2 N–H and O–H groups in total. The van der Waals surface area contributed by atoms with E-state index in [1.54, 1.807) is 12.1 Å². The molecular weight excluding hydrogens is 408 g/mol. The van der Waals surface area contributed by atoms with Gasteiger partial charge in [-0.1, -0.05) is 13.0 Å². The van der Waals surface area contributed by atoms with E-state index in [4.69, 9.17) is 9.15 Å². The Balaban J connectivity index is 1.53. The highest BCUT2D eigenvalue weighted by atomic mass is 32.2. The molecule has 9 heteroatoms. The first-order valence-electron chi connectivity index (χ1n) is 9.92. The average molecular weight is 435 g/mol. The quantitative estimate of drug-likeness (QED) is 0.617. The van der Waals surface area contributed by atoms with Crippen LogP contribution in [0.25, 0.3) is 0 Å². The van der Waals surface area contributed by atoms with Gasteiger partial charge in [-0.15, -0.1) is 0 Å². The number of benzene rings is 1. The van der Waals surface area contributed by atoms with Gasteiger partial charge in [0.25, 0.3) is 5.91 Å². The van der Waals surface area contributed by atoms with Gasteiger partial charge in [0.15, 0.2) is 6.61 Å². The number of carbonyl (C=O) groups excluding carboxylic acids is 2. The Bertz CT molecular complexity index is 963. The molecule has 1 amide bonds. The fourth-order valence-corrected chi connectivity index (χ4v) is 4.38. The second-order valence-electron chi connectivity index (χ2n) is 7.53. The number of furan rings is 1. The van der Waals surface area contributed by atoms with Crippen LogP contribution >= 0.6 is 0 Å². The maximum atomic E-state index is 12.4. The topological polar surface area (TPSA) is 115 Å². The zero-order valence-corrected chi connectivity index (χ0v) is 17.6. The van der Waals surface area contributed by atoms with E-state index in [0.717, 1.165) is 25.7 Å². The summed E-state index contributed by atoms with van der Waals surface area (Å²) < 4.78 is 37.5. The largest absolute Gasteiger partial charge is 0.468 e. The number of rotatable bonds is 8. The SMILES string of the molecule is CC1CCC(NC(=O)COC(=O)c2cccc(S(=O)(=O)NCc3ccco3)c2)CC1. The number of hydrogen-bond acceptors (Lipinski definition) is 6. The van der Waals surface area contributed by atoms with Crippen LogP contribution < -0.4 is 10.0 Å². The second kappa shape index (κ2) is 9.90. The first kappa shape index (κ1) is 22.0. The molecule has 0 spiro atoms. The minimum absolute atomic E-state index is 0.00980. The molecule has 0 aliphatic heterocycles. The van der Waals surface area contributed by atoms with Crippen LogP contribution in [-0.2, 0) is 26.1 Å². The Morgan fingerprint density at radius 1 is 1.13 bits per heavy atom. The maximum Gasteiger partial charge on any atom is 0.338 e. The van der Waals surface area contributed by atoms with Crippen LogP contribution in [0.4, 0.5) is 0 Å². The fraction of sp³-hybridized carbons (Fsp3) is 0.429. The molecule has 1 aromatic carbocycles. The number of amides is 1. The highest BCUT2D eigenvalue weighted by Crippen LogP contribution is 2.23. The third-order valence-corrected chi connectivity index (χ3v) is 6.51. The molecule has 2 aromatic rings. The van der Waals surface area contributed by atoms with Crippen molar-refractivity contribution in [1.29, 1.82) is 0 Å². The zero-order chi connectivity index (χ0) is 21.6. The normalized spacial score (nSPS) is 19.2. The van der Waals surface area contributed by atoms with Crippen LogP contribution in [0.2, 0.25) is 0 Å². The lowest BCUT2D eigenvalue weighted by atomic mass is 9.87. The molecule has 1 fully saturated rings. The maximum absolute atomic E-state index is 12.4. The summed E-state index contributed by atoms with van der Waals surface area (Å²) in [5.74, 6) is 0.0259. The van der Waals surface area contributed by atoms with Crippen LogP contribution in [0.1, 0.15) is 48.7 Å². The fourth-order valence-electron chi connectivity index (χ4n) is 3.34. The number of nitrogens with one attached hydrogen (secondary N) is 2. The predicted molar refractivity (Wildman–Crippen MR) is 109 cm³/mol. The number of carbonyl (C=O) groups is 2. The van der Waals surface area contributed by atoms with E-state index in [1.165, 1.54) is 30.5 Å². The zero-order valence-electron chi connectivity index (χ0n) is 16.8. The summed E-state index contributed by atoms with van der Waals surface area (Å²) in [7, 11) is -3.84. The highest BCUT2D eigenvalue weighted by Gasteiger charge is 2.21. The highest BCUT2D eigenvalue weighted by molar-refractivity contribution is 7.89. The Labute approximate surface area is 176 Å². The number of hydrogen-bond donors (Lipinski definition) is 2. The van der Waals surface area contributed by atoms with Crippen molar-refractivity contribution in [2.45, 2.75) is 50.1 Å². The lowest BCUT2D eigenvalue weighted by Gasteiger charge is -2.26. The third-order valence-electron chi connectivity index (χ3n) is 5.11. The summed E-state index contributed by atoms with van der Waals surface area (Å²) in [5.41, 5.74) is 0.0511. The molecule has 0 unspecified atom stereocenters. The van der Waals surface area contributed by atoms with E-state index >= 15 is 0 Å². The van der Waals surface area contributed by atoms with E-state index in [0.29, 0.717) is 11.7 Å². The average Bonchev–Trinajstić information content (AvgIpc) is 3.26. The monoisotopic (exact) mass is 434 g/mol. The van der Waals surface area contributed by atoms with Gasteiger partial charge in [-0.25, -0.2) is 17.9 Å². The number of sulfonamides is 1. The van der Waals surface area contributed by atoms with E-state index < -0.39 is 22.6 Å². The molecule has 162 valence electrons. The summed E-state index contributed by atoms with van der Waals surface area (Å²) in [4.78, 5) is 24.2. The van der Waals surface area contributed by atoms with Gasteiger partial charge in [0.2, 0.25) is 10.0 Å². The van der Waals surface area contributed by atoms with Gasteiger partial charge >= 0.3 is 5.97 Å². The number of esters is 1. The van der Waals surface area contributed by atoms with Crippen molar-refractivity contribution in [3.8, 4) is 0 Å². The van der Waals surface area contributed by atoms with Gasteiger partial charge in [-0.3, -0.25) is 4.79 Å². The third kappa shape index (κ3) is 6.17. The van der Waals surface area contributed by atoms with Crippen LogP contribution in [0.3, 0.4) is 0 Å². The van der Waals surface area contributed by atoms with Gasteiger partial charge in [0.05, 0.1) is 23.3 Å². The summed E-state index contributed by atoms with van der Waals surface area (Å²) in [5, 5.41) is 2.88. The molecule has 0 saturated heterocycles. The Morgan fingerprint density at radius 2 is 1.90 bits per heavy atom. The van der Waals surface area contributed by atoms with Crippen LogP contribution in [0.5, 0.6) is 0 Å². The van der Waals surface area contributed by atoms with Crippen molar-refractivity contribution in [2.24, 2.45) is 5.92 Å². The van der Waals surface area contributed by atoms with Crippen LogP contribution in [0.15, 0.2) is 52.0 Å². The molecular formula is C21H26N2O6S. The minimum atomic E-state index is -3.84. The van der Waals surface area contributed by atoms with Gasteiger partial charge in [0.1, 0.15) is 5.76 Å². The molecule has 0 bridgehead atoms. The van der Waals surface area contributed by atoms with Crippen molar-refractivity contribution in [3.05, 3.63) is 54.0 Å². The summed E-state index contributed by atoms with van der Waals surface area (Å²) in [6, 6.07) is 8.89. The van der Waals surface area contributed by atoms with Gasteiger partial charge in [-0.2, -0.15) is 0 Å². The molecule has 1 aromatic heterocycles. The van der Waals surface area contributed by atoms with E-state index in [1.807, 2.05) is 0 Å². The summed E-state index contributed by atoms with van der Waals surface area (Å²) in [6.07, 6.45) is 5.43. The Hall–Kier alpha value is -2.65. The van der Waals surface area contributed by atoms with E-state index in [9.17, 15) is 18.0 Å². The van der Waals surface area contributed by atoms with Crippen LogP contribution in [0, 0.1) is 5.92 Å². The molecule has 8 nitrogen and oxygen atoms in total. The summed E-state index contributed by atoms with van der Waals surface area (Å²) in [6.45, 7) is 1.78. The van der Waals surface area contributed by atoms with E-state index in [-0.39, 0.29) is 29.0 Å². The predicted octanol–water partition coefficient (Wildman–Crippen LogP) is 2.61. The summed E-state index contributed by atoms with van der Waals surface area (Å²) >= 11 is 0. The first-order valence-corrected chi connectivity index (χ1v) is 11.4. The second-order valence-corrected chi connectivity index (χ2v) is 9.30.